The molecular formula is C14H13ClO3. The van der Waals surface area contributed by atoms with Crippen molar-refractivity contribution < 1.29 is 14.7 Å². The second-order valence-corrected chi connectivity index (χ2v) is 3.99. The van der Waals surface area contributed by atoms with Crippen LogP contribution in [0.3, 0.4) is 0 Å². The lowest BCUT2D eigenvalue weighted by Crippen LogP contribution is -2.00. The van der Waals surface area contributed by atoms with Crippen LogP contribution in [-0.4, -0.2) is 16.9 Å². The van der Waals surface area contributed by atoms with Crippen molar-refractivity contribution in [3.63, 3.8) is 0 Å². The fourth-order valence-electron chi connectivity index (χ4n) is 1.91. The number of benzene rings is 2. The summed E-state index contributed by atoms with van der Waals surface area (Å²) >= 11 is 0. The number of carboxylic acid groups (broad SMARTS) is 1. The average molecular weight is 265 g/mol. The monoisotopic (exact) mass is 264 g/mol. The highest BCUT2D eigenvalue weighted by atomic mass is 35.5. The molecule has 94 valence electrons. The van der Waals surface area contributed by atoms with E-state index >= 15 is 0 Å². The average Bonchev–Trinajstić information content (AvgIpc) is 2.27. The van der Waals surface area contributed by atoms with E-state index in [1.165, 1.54) is 6.92 Å². The summed E-state index contributed by atoms with van der Waals surface area (Å²) in [4.78, 5) is 22.1. The number of Topliss-reactive ketones (excluding diaryl/α,β-unsaturated/α-hetero) is 1. The standard InChI is InChI=1S/C14H12O3.ClH/c1-9(15)12-4-2-3-11-6-5-10(7-13(11)12)8-14(16)17;/h2-7H,8H2,1H3,(H,16,17);1H. The zero-order valence-corrected chi connectivity index (χ0v) is 10.7. The van der Waals surface area contributed by atoms with E-state index in [0.29, 0.717) is 11.1 Å². The molecule has 2 aromatic rings. The summed E-state index contributed by atoms with van der Waals surface area (Å²) < 4.78 is 0. The van der Waals surface area contributed by atoms with Crippen LogP contribution < -0.4 is 0 Å². The number of hydrogen-bond acceptors (Lipinski definition) is 2. The predicted octanol–water partition coefficient (Wildman–Crippen LogP) is 3.09. The first-order chi connectivity index (χ1) is 8.08. The lowest BCUT2D eigenvalue weighted by atomic mass is 9.99. The molecule has 2 aromatic carbocycles. The van der Waals surface area contributed by atoms with Gasteiger partial charge in [-0.25, -0.2) is 0 Å². The normalized spacial score (nSPS) is 9.83. The van der Waals surface area contributed by atoms with E-state index in [2.05, 4.69) is 0 Å². The second kappa shape index (κ2) is 5.65. The third-order valence-corrected chi connectivity index (χ3v) is 2.68. The largest absolute Gasteiger partial charge is 0.481 e. The molecule has 0 fully saturated rings. The van der Waals surface area contributed by atoms with Gasteiger partial charge in [0.05, 0.1) is 6.42 Å². The number of carbonyl (C=O) groups excluding carboxylic acids is 1. The van der Waals surface area contributed by atoms with Crippen molar-refractivity contribution in [3.05, 3.63) is 47.5 Å². The minimum Gasteiger partial charge on any atom is -0.481 e. The topological polar surface area (TPSA) is 54.4 Å². The van der Waals surface area contributed by atoms with Crippen molar-refractivity contribution in [2.75, 3.05) is 0 Å². The Bertz CT molecular complexity index is 605. The Morgan fingerprint density at radius 3 is 2.50 bits per heavy atom. The number of carboxylic acids is 1. The molecule has 0 saturated heterocycles. The molecule has 0 aliphatic rings. The first-order valence-electron chi connectivity index (χ1n) is 5.32. The number of carbonyl (C=O) groups is 2. The van der Waals surface area contributed by atoms with Crippen molar-refractivity contribution in [2.24, 2.45) is 0 Å². The number of hydrogen-bond donors (Lipinski definition) is 1. The summed E-state index contributed by atoms with van der Waals surface area (Å²) in [6.07, 6.45) is -0.0256. The lowest BCUT2D eigenvalue weighted by Gasteiger charge is -2.05. The molecule has 18 heavy (non-hydrogen) atoms. The van der Waals surface area contributed by atoms with Gasteiger partial charge in [-0.3, -0.25) is 9.59 Å². The summed E-state index contributed by atoms with van der Waals surface area (Å²) in [5.41, 5.74) is 1.34. The Hall–Kier alpha value is -1.87. The molecule has 0 aliphatic carbocycles. The molecule has 0 aromatic heterocycles. The highest BCUT2D eigenvalue weighted by molar-refractivity contribution is 6.07. The molecular weight excluding hydrogens is 252 g/mol. The van der Waals surface area contributed by atoms with Crippen LogP contribution in [0.1, 0.15) is 22.8 Å². The summed E-state index contributed by atoms with van der Waals surface area (Å²) in [5, 5.41) is 10.5. The molecule has 0 unspecified atom stereocenters. The Morgan fingerprint density at radius 2 is 1.89 bits per heavy atom. The highest BCUT2D eigenvalue weighted by Gasteiger charge is 2.07. The number of aliphatic carboxylic acids is 1. The van der Waals surface area contributed by atoms with Crippen LogP contribution in [0.2, 0.25) is 0 Å². The van der Waals surface area contributed by atoms with E-state index in [1.807, 2.05) is 18.2 Å². The maximum Gasteiger partial charge on any atom is 0.307 e. The van der Waals surface area contributed by atoms with E-state index in [4.69, 9.17) is 5.11 Å². The molecule has 0 radical (unpaired) electrons. The third-order valence-electron chi connectivity index (χ3n) is 2.68. The van der Waals surface area contributed by atoms with E-state index in [-0.39, 0.29) is 24.6 Å². The number of ketones is 1. The van der Waals surface area contributed by atoms with E-state index in [9.17, 15) is 9.59 Å². The Kier molecular flexibility index (Phi) is 4.45. The van der Waals surface area contributed by atoms with Crippen LogP contribution in [0, 0.1) is 0 Å². The molecule has 1 N–H and O–H groups in total. The molecule has 0 heterocycles. The van der Waals surface area contributed by atoms with Crippen LogP contribution in [-0.2, 0) is 11.2 Å². The maximum absolute atomic E-state index is 11.5. The van der Waals surface area contributed by atoms with Crippen molar-refractivity contribution in [3.8, 4) is 0 Å². The summed E-state index contributed by atoms with van der Waals surface area (Å²) in [5.74, 6) is -0.882. The van der Waals surface area contributed by atoms with E-state index in [0.717, 1.165) is 10.8 Å². The van der Waals surface area contributed by atoms with Gasteiger partial charge >= 0.3 is 5.97 Å². The molecule has 0 spiro atoms. The van der Waals surface area contributed by atoms with Crippen LogP contribution in [0.4, 0.5) is 0 Å². The molecule has 0 amide bonds. The molecule has 4 heteroatoms. The van der Waals surface area contributed by atoms with Gasteiger partial charge in [0.15, 0.2) is 5.78 Å². The molecule has 0 aliphatic heterocycles. The molecule has 2 rings (SSSR count). The molecule has 0 bridgehead atoms. The first kappa shape index (κ1) is 14.2. The van der Waals surface area contributed by atoms with Crippen LogP contribution in [0.25, 0.3) is 10.8 Å². The van der Waals surface area contributed by atoms with Gasteiger partial charge in [0.1, 0.15) is 0 Å². The van der Waals surface area contributed by atoms with E-state index < -0.39 is 5.97 Å². The van der Waals surface area contributed by atoms with Gasteiger partial charge in [-0.2, -0.15) is 0 Å². The zero-order chi connectivity index (χ0) is 12.4. The summed E-state index contributed by atoms with van der Waals surface area (Å²) in [6.45, 7) is 1.51. The smallest absolute Gasteiger partial charge is 0.307 e. The van der Waals surface area contributed by atoms with Gasteiger partial charge in [0, 0.05) is 5.56 Å². The highest BCUT2D eigenvalue weighted by Crippen LogP contribution is 2.21. The minimum atomic E-state index is -0.871. The third kappa shape index (κ3) is 2.87. The van der Waals surface area contributed by atoms with Crippen LogP contribution >= 0.6 is 12.4 Å². The molecule has 3 nitrogen and oxygen atoms in total. The van der Waals surface area contributed by atoms with Gasteiger partial charge in [0.25, 0.3) is 0 Å². The number of fused-ring (bicyclic) bond motifs is 1. The van der Waals surface area contributed by atoms with Crippen LogP contribution in [0.5, 0.6) is 0 Å². The number of rotatable bonds is 3. The van der Waals surface area contributed by atoms with Crippen molar-refractivity contribution in [1.82, 2.24) is 0 Å². The summed E-state index contributed by atoms with van der Waals surface area (Å²) in [6, 6.07) is 10.9. The summed E-state index contributed by atoms with van der Waals surface area (Å²) in [7, 11) is 0. The van der Waals surface area contributed by atoms with Gasteiger partial charge in [-0.1, -0.05) is 30.3 Å². The Morgan fingerprint density at radius 1 is 1.17 bits per heavy atom. The molecule has 0 atom stereocenters. The van der Waals surface area contributed by atoms with Gasteiger partial charge in [0.2, 0.25) is 0 Å². The Labute approximate surface area is 111 Å². The van der Waals surface area contributed by atoms with Gasteiger partial charge in [-0.05, 0) is 29.3 Å². The Balaban J connectivity index is 0.00000162. The fraction of sp³-hybridized carbons (Fsp3) is 0.143. The van der Waals surface area contributed by atoms with Crippen LogP contribution in [0.15, 0.2) is 36.4 Å². The second-order valence-electron chi connectivity index (χ2n) is 3.99. The molecule has 0 saturated carbocycles. The minimum absolute atomic E-state index is 0. The number of halogens is 1. The van der Waals surface area contributed by atoms with E-state index in [1.54, 1.807) is 18.2 Å². The maximum atomic E-state index is 11.5. The van der Waals surface area contributed by atoms with Crippen molar-refractivity contribution >= 4 is 34.9 Å². The SMILES string of the molecule is CC(=O)c1cccc2ccc(CC(=O)O)cc12.Cl. The predicted molar refractivity (Wildman–Crippen MR) is 72.5 cm³/mol. The lowest BCUT2D eigenvalue weighted by molar-refractivity contribution is -0.136. The fourth-order valence-corrected chi connectivity index (χ4v) is 1.91. The van der Waals surface area contributed by atoms with Gasteiger partial charge < -0.3 is 5.11 Å². The van der Waals surface area contributed by atoms with Crippen molar-refractivity contribution in [1.29, 1.82) is 0 Å². The van der Waals surface area contributed by atoms with Crippen molar-refractivity contribution in [2.45, 2.75) is 13.3 Å². The first-order valence-corrected chi connectivity index (χ1v) is 5.32. The quantitative estimate of drug-likeness (QED) is 0.867. The van der Waals surface area contributed by atoms with Gasteiger partial charge in [-0.15, -0.1) is 12.4 Å². The zero-order valence-electron chi connectivity index (χ0n) is 9.84.